The molecule has 2 rings (SSSR count). The Morgan fingerprint density at radius 2 is 1.71 bits per heavy atom. The molecule has 0 radical (unpaired) electrons. The van der Waals surface area contributed by atoms with Gasteiger partial charge in [-0.05, 0) is 72.1 Å². The van der Waals surface area contributed by atoms with E-state index in [-0.39, 0.29) is 4.90 Å². The van der Waals surface area contributed by atoms with E-state index < -0.39 is 10.0 Å². The third-order valence-corrected chi connectivity index (χ3v) is 6.11. The molecule has 112 valence electrons. The molecule has 0 spiro atoms. The molecule has 0 amide bonds. The zero-order chi connectivity index (χ0) is 15.6. The van der Waals surface area contributed by atoms with Gasteiger partial charge in [-0.2, -0.15) is 0 Å². The first kappa shape index (κ1) is 16.0. The molecule has 0 aliphatic heterocycles. The van der Waals surface area contributed by atoms with E-state index in [1.807, 2.05) is 57.2 Å². The number of benzene rings is 2. The van der Waals surface area contributed by atoms with Gasteiger partial charge in [-0.1, -0.05) is 18.2 Å². The summed E-state index contributed by atoms with van der Waals surface area (Å²) in [6, 6.07) is 12.8. The molecule has 0 saturated heterocycles. The Morgan fingerprint density at radius 3 is 2.29 bits per heavy atom. The van der Waals surface area contributed by atoms with Crippen LogP contribution in [0.1, 0.15) is 18.1 Å². The van der Waals surface area contributed by atoms with Gasteiger partial charge in [-0.3, -0.25) is 4.31 Å². The third-order valence-electron chi connectivity index (χ3n) is 3.23. The molecule has 0 atom stereocenters. The van der Waals surface area contributed by atoms with Gasteiger partial charge in [0.1, 0.15) is 4.90 Å². The minimum absolute atomic E-state index is 0.288. The van der Waals surface area contributed by atoms with Crippen LogP contribution in [-0.4, -0.2) is 15.0 Å². The lowest BCUT2D eigenvalue weighted by atomic mass is 10.2. The van der Waals surface area contributed by atoms with Crippen molar-refractivity contribution in [2.45, 2.75) is 25.7 Å². The lowest BCUT2D eigenvalue weighted by Crippen LogP contribution is -2.31. The van der Waals surface area contributed by atoms with Gasteiger partial charge >= 0.3 is 0 Å². The molecule has 0 N–H and O–H groups in total. The summed E-state index contributed by atoms with van der Waals surface area (Å²) in [7, 11) is -3.58. The van der Waals surface area contributed by atoms with Gasteiger partial charge in [0.15, 0.2) is 0 Å². The van der Waals surface area contributed by atoms with Crippen molar-refractivity contribution in [2.75, 3.05) is 10.8 Å². The minimum Gasteiger partial charge on any atom is -0.267 e. The van der Waals surface area contributed by atoms with Crippen molar-refractivity contribution in [3.8, 4) is 0 Å². The van der Waals surface area contributed by atoms with Crippen LogP contribution in [0.25, 0.3) is 0 Å². The van der Waals surface area contributed by atoms with Crippen molar-refractivity contribution >= 4 is 31.6 Å². The molecule has 0 saturated carbocycles. The first-order valence-corrected chi connectivity index (χ1v) is 8.95. The van der Waals surface area contributed by atoms with Crippen LogP contribution >= 0.6 is 15.9 Å². The highest BCUT2D eigenvalue weighted by atomic mass is 79.9. The van der Waals surface area contributed by atoms with Crippen LogP contribution in [0.2, 0.25) is 0 Å². The lowest BCUT2D eigenvalue weighted by molar-refractivity contribution is 0.591. The highest BCUT2D eigenvalue weighted by molar-refractivity contribution is 9.10. The average Bonchev–Trinajstić information content (AvgIpc) is 2.38. The molecule has 0 unspecified atom stereocenters. The fourth-order valence-electron chi connectivity index (χ4n) is 2.21. The molecule has 0 aromatic heterocycles. The number of halogens is 1. The number of aryl methyl sites for hydroxylation is 2. The van der Waals surface area contributed by atoms with Gasteiger partial charge in [-0.25, -0.2) is 8.42 Å². The van der Waals surface area contributed by atoms with Crippen molar-refractivity contribution < 1.29 is 8.42 Å². The maximum atomic E-state index is 12.9. The summed E-state index contributed by atoms with van der Waals surface area (Å²) in [5.41, 5.74) is 2.73. The summed E-state index contributed by atoms with van der Waals surface area (Å²) in [6.45, 7) is 6.10. The second-order valence-corrected chi connectivity index (χ2v) is 7.63. The largest absolute Gasteiger partial charge is 0.267 e. The zero-order valence-electron chi connectivity index (χ0n) is 12.3. The van der Waals surface area contributed by atoms with Crippen LogP contribution in [-0.2, 0) is 10.0 Å². The Bertz CT molecular complexity index is 757. The third kappa shape index (κ3) is 3.30. The van der Waals surface area contributed by atoms with Gasteiger partial charge in [0.25, 0.3) is 10.0 Å². The molecule has 0 aliphatic rings. The van der Waals surface area contributed by atoms with Gasteiger partial charge < -0.3 is 0 Å². The van der Waals surface area contributed by atoms with Crippen molar-refractivity contribution in [2.24, 2.45) is 0 Å². The molecule has 0 fully saturated rings. The zero-order valence-corrected chi connectivity index (χ0v) is 14.7. The second kappa shape index (κ2) is 6.20. The fraction of sp³-hybridized carbons (Fsp3) is 0.250. The molecule has 0 bridgehead atoms. The van der Waals surface area contributed by atoms with E-state index in [0.29, 0.717) is 16.7 Å². The van der Waals surface area contributed by atoms with Gasteiger partial charge in [0.05, 0.1) is 5.69 Å². The topological polar surface area (TPSA) is 37.4 Å². The van der Waals surface area contributed by atoms with Gasteiger partial charge in [-0.15, -0.1) is 0 Å². The smallest absolute Gasteiger partial charge is 0.265 e. The maximum Gasteiger partial charge on any atom is 0.265 e. The normalized spacial score (nSPS) is 11.4. The van der Waals surface area contributed by atoms with Gasteiger partial charge in [0.2, 0.25) is 0 Å². The summed E-state index contributed by atoms with van der Waals surface area (Å²) < 4.78 is 27.8. The molecular formula is C16H18BrNO2S. The Kier molecular flexibility index (Phi) is 4.74. The Morgan fingerprint density at radius 1 is 1.05 bits per heavy atom. The predicted octanol–water partition coefficient (Wildman–Crippen LogP) is 4.28. The highest BCUT2D eigenvalue weighted by Gasteiger charge is 2.25. The molecule has 0 aliphatic carbocycles. The SMILES string of the molecule is CCN(c1cccc(C)c1)S(=O)(=O)c1ccc(C)cc1Br. The maximum absolute atomic E-state index is 12.9. The van der Waals surface area contributed by atoms with Crippen LogP contribution in [0.15, 0.2) is 51.8 Å². The summed E-state index contributed by atoms with van der Waals surface area (Å²) >= 11 is 3.36. The minimum atomic E-state index is -3.58. The van der Waals surface area contributed by atoms with E-state index >= 15 is 0 Å². The van der Waals surface area contributed by atoms with Crippen molar-refractivity contribution in [1.29, 1.82) is 0 Å². The summed E-state index contributed by atoms with van der Waals surface area (Å²) in [5.74, 6) is 0. The summed E-state index contributed by atoms with van der Waals surface area (Å²) in [6.07, 6.45) is 0. The van der Waals surface area contributed by atoms with Crippen LogP contribution in [0, 0.1) is 13.8 Å². The molecular weight excluding hydrogens is 350 g/mol. The van der Waals surface area contributed by atoms with E-state index in [9.17, 15) is 8.42 Å². The van der Waals surface area contributed by atoms with E-state index in [0.717, 1.165) is 11.1 Å². The van der Waals surface area contributed by atoms with Gasteiger partial charge in [0, 0.05) is 11.0 Å². The number of rotatable bonds is 4. The molecule has 0 heterocycles. The van der Waals surface area contributed by atoms with Crippen molar-refractivity contribution in [3.05, 3.63) is 58.1 Å². The molecule has 3 nitrogen and oxygen atoms in total. The number of anilines is 1. The van der Waals surface area contributed by atoms with E-state index in [2.05, 4.69) is 15.9 Å². The Hall–Kier alpha value is -1.33. The molecule has 2 aromatic rings. The first-order valence-electron chi connectivity index (χ1n) is 6.72. The predicted molar refractivity (Wildman–Crippen MR) is 90.3 cm³/mol. The first-order chi connectivity index (χ1) is 9.86. The molecule has 2 aromatic carbocycles. The van der Waals surface area contributed by atoms with Crippen LogP contribution < -0.4 is 4.31 Å². The standard InChI is InChI=1S/C16H18BrNO2S/c1-4-18(14-7-5-6-12(2)10-14)21(19,20)16-9-8-13(3)11-15(16)17/h5-11H,4H2,1-3H3. The van der Waals surface area contributed by atoms with Crippen molar-refractivity contribution in [1.82, 2.24) is 0 Å². The van der Waals surface area contributed by atoms with E-state index in [1.54, 1.807) is 6.07 Å². The number of hydrogen-bond donors (Lipinski definition) is 0. The van der Waals surface area contributed by atoms with Crippen LogP contribution in [0.3, 0.4) is 0 Å². The quantitative estimate of drug-likeness (QED) is 0.808. The van der Waals surface area contributed by atoms with Crippen LogP contribution in [0.4, 0.5) is 5.69 Å². The number of sulfonamides is 1. The second-order valence-electron chi connectivity index (χ2n) is 4.94. The Labute approximate surface area is 134 Å². The Balaban J connectivity index is 2.54. The van der Waals surface area contributed by atoms with Crippen molar-refractivity contribution in [3.63, 3.8) is 0 Å². The summed E-state index contributed by atoms with van der Waals surface area (Å²) in [4.78, 5) is 0.288. The lowest BCUT2D eigenvalue weighted by Gasteiger charge is -2.24. The fourth-order valence-corrected chi connectivity index (χ4v) is 4.83. The van der Waals surface area contributed by atoms with E-state index in [4.69, 9.17) is 0 Å². The monoisotopic (exact) mass is 367 g/mol. The summed E-state index contributed by atoms with van der Waals surface area (Å²) in [5, 5.41) is 0. The number of hydrogen-bond acceptors (Lipinski definition) is 2. The highest BCUT2D eigenvalue weighted by Crippen LogP contribution is 2.29. The number of nitrogens with zero attached hydrogens (tertiary/aromatic N) is 1. The molecule has 5 heteroatoms. The van der Waals surface area contributed by atoms with E-state index in [1.165, 1.54) is 4.31 Å². The average molecular weight is 368 g/mol. The molecule has 21 heavy (non-hydrogen) atoms. The van der Waals surface area contributed by atoms with Crippen LogP contribution in [0.5, 0.6) is 0 Å².